The highest BCUT2D eigenvalue weighted by atomic mass is 16.5. The maximum absolute atomic E-state index is 12.6. The molecule has 4 heteroatoms. The average molecular weight is 270 g/mol. The third kappa shape index (κ3) is 3.36. The van der Waals surface area contributed by atoms with Gasteiger partial charge in [-0.1, -0.05) is 0 Å². The number of hydrogen-bond acceptors (Lipinski definition) is 4. The number of rotatable bonds is 4. The van der Waals surface area contributed by atoms with Gasteiger partial charge in [0.25, 0.3) is 0 Å². The lowest BCUT2D eigenvalue weighted by Gasteiger charge is -2.44. The van der Waals surface area contributed by atoms with Crippen molar-refractivity contribution < 1.29 is 19.0 Å². The fraction of sp³-hybridized carbons (Fsp3) is 0.933. The Labute approximate surface area is 115 Å². The SMILES string of the molecule is CCOC(C)(C)C(=O)C1CCOC2(CCOCC2)C1. The van der Waals surface area contributed by atoms with Crippen LogP contribution in [-0.4, -0.2) is 43.4 Å². The summed E-state index contributed by atoms with van der Waals surface area (Å²) >= 11 is 0. The summed E-state index contributed by atoms with van der Waals surface area (Å²) < 4.78 is 17.0. The molecule has 1 unspecified atom stereocenters. The summed E-state index contributed by atoms with van der Waals surface area (Å²) in [5, 5.41) is 0. The van der Waals surface area contributed by atoms with Crippen LogP contribution < -0.4 is 0 Å². The first-order valence-corrected chi connectivity index (χ1v) is 7.39. The van der Waals surface area contributed by atoms with Crippen LogP contribution in [-0.2, 0) is 19.0 Å². The van der Waals surface area contributed by atoms with E-state index in [1.165, 1.54) is 0 Å². The van der Waals surface area contributed by atoms with Crippen LogP contribution >= 0.6 is 0 Å². The molecule has 0 aromatic heterocycles. The Hall–Kier alpha value is -0.450. The van der Waals surface area contributed by atoms with Crippen LogP contribution in [0.3, 0.4) is 0 Å². The number of hydrogen-bond donors (Lipinski definition) is 0. The van der Waals surface area contributed by atoms with E-state index >= 15 is 0 Å². The van der Waals surface area contributed by atoms with Crippen LogP contribution in [0.4, 0.5) is 0 Å². The van der Waals surface area contributed by atoms with Crippen molar-refractivity contribution in [1.29, 1.82) is 0 Å². The summed E-state index contributed by atoms with van der Waals surface area (Å²) in [6, 6.07) is 0. The molecule has 2 rings (SSSR count). The lowest BCUT2D eigenvalue weighted by Crippen LogP contribution is -2.49. The van der Waals surface area contributed by atoms with Gasteiger partial charge >= 0.3 is 0 Å². The van der Waals surface area contributed by atoms with Gasteiger partial charge in [0.15, 0.2) is 5.78 Å². The van der Waals surface area contributed by atoms with E-state index in [1.807, 2.05) is 20.8 Å². The van der Waals surface area contributed by atoms with Crippen molar-refractivity contribution in [2.24, 2.45) is 5.92 Å². The van der Waals surface area contributed by atoms with Gasteiger partial charge in [-0.15, -0.1) is 0 Å². The second-order valence-corrected chi connectivity index (χ2v) is 6.14. The molecular formula is C15H26O4. The van der Waals surface area contributed by atoms with E-state index < -0.39 is 5.60 Å². The fourth-order valence-corrected chi connectivity index (χ4v) is 3.27. The van der Waals surface area contributed by atoms with Crippen LogP contribution in [0.2, 0.25) is 0 Å². The molecule has 19 heavy (non-hydrogen) atoms. The Balaban J connectivity index is 2.02. The van der Waals surface area contributed by atoms with Gasteiger partial charge in [0.05, 0.1) is 5.60 Å². The van der Waals surface area contributed by atoms with E-state index in [4.69, 9.17) is 14.2 Å². The van der Waals surface area contributed by atoms with Gasteiger partial charge in [0.1, 0.15) is 5.60 Å². The van der Waals surface area contributed by atoms with Crippen molar-refractivity contribution in [2.75, 3.05) is 26.4 Å². The molecule has 0 aliphatic carbocycles. The number of ether oxygens (including phenoxy) is 3. The van der Waals surface area contributed by atoms with Crippen molar-refractivity contribution in [3.63, 3.8) is 0 Å². The van der Waals surface area contributed by atoms with Gasteiger partial charge in [-0.3, -0.25) is 4.79 Å². The molecule has 2 fully saturated rings. The molecule has 0 bridgehead atoms. The van der Waals surface area contributed by atoms with Crippen LogP contribution in [0.15, 0.2) is 0 Å². The molecule has 0 aromatic rings. The monoisotopic (exact) mass is 270 g/mol. The third-order valence-corrected chi connectivity index (χ3v) is 4.37. The second-order valence-electron chi connectivity index (χ2n) is 6.14. The van der Waals surface area contributed by atoms with Crippen LogP contribution in [0, 0.1) is 5.92 Å². The van der Waals surface area contributed by atoms with E-state index in [9.17, 15) is 4.79 Å². The molecule has 0 amide bonds. The highest BCUT2D eigenvalue weighted by molar-refractivity contribution is 5.88. The molecule has 2 heterocycles. The molecule has 110 valence electrons. The molecule has 2 saturated heterocycles. The minimum atomic E-state index is -0.677. The van der Waals surface area contributed by atoms with Gasteiger partial charge in [0.2, 0.25) is 0 Å². The highest BCUT2D eigenvalue weighted by Crippen LogP contribution is 2.38. The quantitative estimate of drug-likeness (QED) is 0.786. The predicted molar refractivity (Wildman–Crippen MR) is 72.2 cm³/mol. The van der Waals surface area contributed by atoms with E-state index in [1.54, 1.807) is 0 Å². The van der Waals surface area contributed by atoms with Crippen LogP contribution in [0.25, 0.3) is 0 Å². The number of Topliss-reactive ketones (excluding diaryl/α,β-unsaturated/α-hetero) is 1. The molecule has 2 aliphatic heterocycles. The van der Waals surface area contributed by atoms with Crippen molar-refractivity contribution in [3.8, 4) is 0 Å². The second kappa shape index (κ2) is 5.90. The molecular weight excluding hydrogens is 244 g/mol. The van der Waals surface area contributed by atoms with Gasteiger partial charge in [-0.2, -0.15) is 0 Å². The fourth-order valence-electron chi connectivity index (χ4n) is 3.27. The zero-order valence-electron chi connectivity index (χ0n) is 12.4. The topological polar surface area (TPSA) is 44.8 Å². The smallest absolute Gasteiger partial charge is 0.167 e. The summed E-state index contributed by atoms with van der Waals surface area (Å²) in [5.41, 5.74) is -0.803. The number of carbonyl (C=O) groups is 1. The minimum absolute atomic E-state index is 0.0633. The Morgan fingerprint density at radius 3 is 2.63 bits per heavy atom. The van der Waals surface area contributed by atoms with Crippen molar-refractivity contribution in [2.45, 2.75) is 57.7 Å². The van der Waals surface area contributed by atoms with Gasteiger partial charge in [-0.25, -0.2) is 0 Å². The largest absolute Gasteiger partial charge is 0.381 e. The maximum Gasteiger partial charge on any atom is 0.167 e. The van der Waals surface area contributed by atoms with Gasteiger partial charge in [-0.05, 0) is 46.5 Å². The van der Waals surface area contributed by atoms with Gasteiger partial charge in [0, 0.05) is 32.3 Å². The highest BCUT2D eigenvalue weighted by Gasteiger charge is 2.44. The van der Waals surface area contributed by atoms with E-state index in [-0.39, 0.29) is 17.3 Å². The Morgan fingerprint density at radius 2 is 2.00 bits per heavy atom. The lowest BCUT2D eigenvalue weighted by molar-refractivity contribution is -0.168. The average Bonchev–Trinajstić information content (AvgIpc) is 2.39. The summed E-state index contributed by atoms with van der Waals surface area (Å²) in [7, 11) is 0. The summed E-state index contributed by atoms with van der Waals surface area (Å²) in [4.78, 5) is 12.6. The molecule has 0 N–H and O–H groups in total. The summed E-state index contributed by atoms with van der Waals surface area (Å²) in [6.45, 7) is 8.43. The first kappa shape index (κ1) is 14.9. The molecule has 0 radical (unpaired) electrons. The van der Waals surface area contributed by atoms with E-state index in [0.717, 1.165) is 38.9 Å². The first-order valence-electron chi connectivity index (χ1n) is 7.39. The minimum Gasteiger partial charge on any atom is -0.381 e. The van der Waals surface area contributed by atoms with Gasteiger partial charge < -0.3 is 14.2 Å². The summed E-state index contributed by atoms with van der Waals surface area (Å²) in [5.74, 6) is 0.289. The molecule has 0 aromatic carbocycles. The first-order chi connectivity index (χ1) is 8.99. The van der Waals surface area contributed by atoms with Crippen molar-refractivity contribution >= 4 is 5.78 Å². The van der Waals surface area contributed by atoms with Crippen molar-refractivity contribution in [1.82, 2.24) is 0 Å². The molecule has 1 spiro atoms. The summed E-state index contributed by atoms with van der Waals surface area (Å²) in [6.07, 6.45) is 3.46. The zero-order valence-corrected chi connectivity index (χ0v) is 12.4. The van der Waals surface area contributed by atoms with E-state index in [0.29, 0.717) is 13.2 Å². The Bertz CT molecular complexity index is 313. The van der Waals surface area contributed by atoms with Crippen LogP contribution in [0.5, 0.6) is 0 Å². The van der Waals surface area contributed by atoms with Crippen molar-refractivity contribution in [3.05, 3.63) is 0 Å². The Morgan fingerprint density at radius 1 is 1.32 bits per heavy atom. The zero-order chi connectivity index (χ0) is 13.9. The normalized spacial score (nSPS) is 27.4. The lowest BCUT2D eigenvalue weighted by atomic mass is 9.76. The molecule has 0 saturated carbocycles. The standard InChI is InChI=1S/C15H26O4/c1-4-18-14(2,3)13(16)12-5-8-19-15(11-12)6-9-17-10-7-15/h12H,4-11H2,1-3H3. The van der Waals surface area contributed by atoms with E-state index in [2.05, 4.69) is 0 Å². The number of carbonyl (C=O) groups excluding carboxylic acids is 1. The molecule has 2 aliphatic rings. The molecule has 1 atom stereocenters. The maximum atomic E-state index is 12.6. The number of ketones is 1. The predicted octanol–water partition coefficient (Wildman–Crippen LogP) is 2.35. The molecule has 4 nitrogen and oxygen atoms in total. The third-order valence-electron chi connectivity index (χ3n) is 4.37. The van der Waals surface area contributed by atoms with Crippen LogP contribution in [0.1, 0.15) is 46.5 Å². The Kier molecular flexibility index (Phi) is 4.64.